The zero-order chi connectivity index (χ0) is 8.10. The van der Waals surface area contributed by atoms with E-state index in [0.29, 0.717) is 0 Å². The summed E-state index contributed by atoms with van der Waals surface area (Å²) in [6, 6.07) is 3.63. The van der Waals surface area contributed by atoms with E-state index in [1.54, 1.807) is 12.3 Å². The molecule has 11 heavy (non-hydrogen) atoms. The first-order chi connectivity index (χ1) is 5.34. The monoisotopic (exact) mass is 155 g/mol. The van der Waals surface area contributed by atoms with Crippen molar-refractivity contribution in [3.05, 3.63) is 24.2 Å². The summed E-state index contributed by atoms with van der Waals surface area (Å²) in [5.41, 5.74) is 0. The van der Waals surface area contributed by atoms with Crippen molar-refractivity contribution in [2.45, 2.75) is 13.0 Å². The van der Waals surface area contributed by atoms with Crippen LogP contribution in [0.15, 0.2) is 22.8 Å². The number of hydrogen-bond donors (Lipinski definition) is 0. The van der Waals surface area contributed by atoms with Gasteiger partial charge in [-0.1, -0.05) is 0 Å². The van der Waals surface area contributed by atoms with Gasteiger partial charge in [-0.3, -0.25) is 0 Å². The van der Waals surface area contributed by atoms with Crippen LogP contribution in [0.2, 0.25) is 0 Å². The van der Waals surface area contributed by atoms with Crippen molar-refractivity contribution in [3.8, 4) is 0 Å². The molecule has 1 heterocycles. The van der Waals surface area contributed by atoms with Gasteiger partial charge in [-0.15, -0.1) is 0 Å². The van der Waals surface area contributed by atoms with Gasteiger partial charge in [-0.05, 0) is 19.1 Å². The highest BCUT2D eigenvalue weighted by atomic mass is 16.5. The second kappa shape index (κ2) is 4.16. The minimum Gasteiger partial charge on any atom is -0.467 e. The molecular weight excluding hydrogens is 144 g/mol. The van der Waals surface area contributed by atoms with E-state index >= 15 is 0 Å². The molecule has 0 aliphatic carbocycles. The van der Waals surface area contributed by atoms with E-state index in [1.165, 1.54) is 0 Å². The molecule has 1 aromatic heterocycles. The van der Waals surface area contributed by atoms with Crippen molar-refractivity contribution in [2.24, 2.45) is 0 Å². The lowest BCUT2D eigenvalue weighted by Gasteiger charge is -2.07. The maximum Gasteiger partial charge on any atom is 0.132 e. The maximum absolute atomic E-state index is 10.0. The highest BCUT2D eigenvalue weighted by molar-refractivity contribution is 5.00. The van der Waals surface area contributed by atoms with E-state index in [9.17, 15) is 5.11 Å². The van der Waals surface area contributed by atoms with Gasteiger partial charge in [-0.2, -0.15) is 0 Å². The van der Waals surface area contributed by atoms with Crippen LogP contribution in [0.5, 0.6) is 0 Å². The lowest BCUT2D eigenvalue weighted by molar-refractivity contribution is 0.0105. The first-order valence-corrected chi connectivity index (χ1v) is 3.57. The normalized spacial score (nSPS) is 13.3. The third-order valence-corrected chi connectivity index (χ3v) is 1.40. The van der Waals surface area contributed by atoms with Gasteiger partial charge in [0, 0.05) is 0 Å². The summed E-state index contributed by atoms with van der Waals surface area (Å²) < 4.78 is 10.2. The van der Waals surface area contributed by atoms with Crippen LogP contribution in [0.4, 0.5) is 0 Å². The first-order valence-electron chi connectivity index (χ1n) is 3.57. The second-order valence-electron chi connectivity index (χ2n) is 2.23. The minimum absolute atomic E-state index is 0.112. The fourth-order valence-electron chi connectivity index (χ4n) is 0.830. The van der Waals surface area contributed by atoms with Crippen molar-refractivity contribution in [1.82, 2.24) is 0 Å². The van der Waals surface area contributed by atoms with E-state index in [1.807, 2.05) is 13.0 Å². The fraction of sp³-hybridized carbons (Fsp3) is 0.500. The Morgan fingerprint density at radius 3 is 3.09 bits per heavy atom. The molecule has 0 amide bonds. The highest BCUT2D eigenvalue weighted by Crippen LogP contribution is 2.15. The Morgan fingerprint density at radius 2 is 2.55 bits per heavy atom. The molecule has 0 aromatic carbocycles. The Balaban J connectivity index is 2.36. The number of rotatable bonds is 4. The SMILES string of the molecule is CC(OCC[O])c1ccco1. The Kier molecular flexibility index (Phi) is 3.14. The Hall–Kier alpha value is -0.800. The molecule has 1 aromatic rings. The van der Waals surface area contributed by atoms with E-state index in [2.05, 4.69) is 0 Å². The van der Waals surface area contributed by atoms with Crippen LogP contribution in [0, 0.1) is 0 Å². The first kappa shape index (κ1) is 8.30. The van der Waals surface area contributed by atoms with Gasteiger partial charge in [0.05, 0.1) is 12.9 Å². The lowest BCUT2D eigenvalue weighted by Crippen LogP contribution is -2.02. The molecular formula is C8H11O3. The van der Waals surface area contributed by atoms with Crippen LogP contribution in [-0.2, 0) is 9.84 Å². The van der Waals surface area contributed by atoms with Crippen molar-refractivity contribution in [2.75, 3.05) is 13.2 Å². The summed E-state index contributed by atoms with van der Waals surface area (Å²) >= 11 is 0. The van der Waals surface area contributed by atoms with Crippen LogP contribution in [0.3, 0.4) is 0 Å². The molecule has 0 fully saturated rings. The smallest absolute Gasteiger partial charge is 0.132 e. The summed E-state index contributed by atoms with van der Waals surface area (Å²) in [6.07, 6.45) is 1.48. The number of furan rings is 1. The molecule has 0 aliphatic heterocycles. The molecule has 1 radical (unpaired) electrons. The molecule has 0 aliphatic rings. The van der Waals surface area contributed by atoms with Crippen molar-refractivity contribution < 1.29 is 14.3 Å². The molecule has 0 bridgehead atoms. The lowest BCUT2D eigenvalue weighted by atomic mass is 10.3. The van der Waals surface area contributed by atoms with E-state index in [4.69, 9.17) is 9.15 Å². The minimum atomic E-state index is -0.203. The Labute approximate surface area is 65.6 Å². The van der Waals surface area contributed by atoms with Gasteiger partial charge in [-0.25, -0.2) is 5.11 Å². The summed E-state index contributed by atoms with van der Waals surface area (Å²) in [7, 11) is 0. The van der Waals surface area contributed by atoms with E-state index < -0.39 is 0 Å². The molecule has 1 atom stereocenters. The Morgan fingerprint density at radius 1 is 1.73 bits per heavy atom. The molecule has 1 rings (SSSR count). The second-order valence-corrected chi connectivity index (χ2v) is 2.23. The molecule has 1 unspecified atom stereocenters. The third-order valence-electron chi connectivity index (χ3n) is 1.40. The van der Waals surface area contributed by atoms with Crippen LogP contribution < -0.4 is 0 Å². The maximum atomic E-state index is 10.0. The summed E-state index contributed by atoms with van der Waals surface area (Å²) in [5.74, 6) is 0.762. The van der Waals surface area contributed by atoms with Crippen molar-refractivity contribution >= 4 is 0 Å². The van der Waals surface area contributed by atoms with Crippen molar-refractivity contribution in [3.63, 3.8) is 0 Å². The van der Waals surface area contributed by atoms with Gasteiger partial charge in [0.15, 0.2) is 0 Å². The molecule has 3 nitrogen and oxygen atoms in total. The summed E-state index contributed by atoms with van der Waals surface area (Å²) in [6.45, 7) is 1.89. The predicted molar refractivity (Wildman–Crippen MR) is 38.6 cm³/mol. The molecule has 3 heteroatoms. The fourth-order valence-corrected chi connectivity index (χ4v) is 0.830. The van der Waals surface area contributed by atoms with Crippen molar-refractivity contribution in [1.29, 1.82) is 0 Å². The average molecular weight is 155 g/mol. The largest absolute Gasteiger partial charge is 0.467 e. The molecule has 0 N–H and O–H groups in total. The van der Waals surface area contributed by atoms with E-state index in [0.717, 1.165) is 5.76 Å². The van der Waals surface area contributed by atoms with Gasteiger partial charge in [0.1, 0.15) is 18.5 Å². The van der Waals surface area contributed by atoms with Gasteiger partial charge < -0.3 is 9.15 Å². The number of ether oxygens (including phenoxy) is 1. The van der Waals surface area contributed by atoms with Gasteiger partial charge >= 0.3 is 0 Å². The topological polar surface area (TPSA) is 42.3 Å². The zero-order valence-electron chi connectivity index (χ0n) is 6.45. The molecule has 0 saturated carbocycles. The Bertz CT molecular complexity index is 181. The standard InChI is InChI=1S/C8H11O3/c1-7(10-6-4-9)8-3-2-5-11-8/h2-3,5,7H,4,6H2,1H3. The van der Waals surface area contributed by atoms with Crippen LogP contribution >= 0.6 is 0 Å². The third kappa shape index (κ3) is 2.37. The molecule has 61 valence electrons. The van der Waals surface area contributed by atoms with Crippen LogP contribution in [-0.4, -0.2) is 13.2 Å². The zero-order valence-corrected chi connectivity index (χ0v) is 6.45. The van der Waals surface area contributed by atoms with E-state index in [-0.39, 0.29) is 19.3 Å². The quantitative estimate of drug-likeness (QED) is 0.665. The highest BCUT2D eigenvalue weighted by Gasteiger charge is 2.06. The molecule has 0 spiro atoms. The predicted octanol–water partition coefficient (Wildman–Crippen LogP) is 1.79. The van der Waals surface area contributed by atoms with Gasteiger partial charge in [0.2, 0.25) is 0 Å². The summed E-state index contributed by atoms with van der Waals surface area (Å²) in [5, 5.41) is 10.0. The van der Waals surface area contributed by atoms with Gasteiger partial charge in [0.25, 0.3) is 0 Å². The number of hydrogen-bond acceptors (Lipinski definition) is 2. The van der Waals surface area contributed by atoms with Crippen LogP contribution in [0.25, 0.3) is 0 Å². The average Bonchev–Trinajstić information content (AvgIpc) is 2.52. The van der Waals surface area contributed by atoms with Crippen LogP contribution in [0.1, 0.15) is 18.8 Å². The summed E-state index contributed by atoms with van der Waals surface area (Å²) in [4.78, 5) is 0. The molecule has 0 saturated heterocycles.